The fourth-order valence-corrected chi connectivity index (χ4v) is 5.44. The van der Waals surface area contributed by atoms with Crippen molar-refractivity contribution in [2.45, 2.75) is 34.6 Å². The van der Waals surface area contributed by atoms with Crippen LogP contribution in [0.25, 0.3) is 0 Å². The molecule has 2 aromatic rings. The lowest BCUT2D eigenvalue weighted by atomic mass is 10.1. The predicted octanol–water partition coefficient (Wildman–Crippen LogP) is 3.79. The second-order valence-corrected chi connectivity index (χ2v) is 12.1. The first-order valence-corrected chi connectivity index (χ1v) is 14.5. The maximum Gasteiger partial charge on any atom is 0.416 e. The van der Waals surface area contributed by atoms with E-state index in [9.17, 15) is 48.0 Å². The van der Waals surface area contributed by atoms with E-state index < -0.39 is 60.4 Å². The molecule has 1 amide bonds. The van der Waals surface area contributed by atoms with Gasteiger partial charge in [-0.15, -0.1) is 4.83 Å². The summed E-state index contributed by atoms with van der Waals surface area (Å²) in [6.45, 7) is 0. The third-order valence-electron chi connectivity index (χ3n) is 4.53. The summed E-state index contributed by atoms with van der Waals surface area (Å²) >= 11 is 6.82. The van der Waals surface area contributed by atoms with Gasteiger partial charge in [-0.25, -0.2) is 16.8 Å². The number of hydrogen-bond acceptors (Lipinski definition) is 6. The normalized spacial score (nSPS) is 13.8. The van der Waals surface area contributed by atoms with E-state index in [2.05, 4.69) is 0 Å². The van der Waals surface area contributed by atoms with E-state index in [0.717, 1.165) is 23.9 Å². The molecule has 2 rings (SSSR count). The fourth-order valence-electron chi connectivity index (χ4n) is 2.69. The molecule has 0 fully saturated rings. The number of rotatable bonds is 10. The molecule has 0 unspecified atom stereocenters. The number of hydrogen-bond donors (Lipinski definition) is 3. The highest BCUT2D eigenvalue weighted by Crippen LogP contribution is 2.37. The lowest BCUT2D eigenvalue weighted by molar-refractivity contribution is -0.143. The molecule has 0 bridgehead atoms. The van der Waals surface area contributed by atoms with Crippen molar-refractivity contribution in [2.75, 3.05) is 12.0 Å². The van der Waals surface area contributed by atoms with Gasteiger partial charge in [0.2, 0.25) is 10.0 Å². The molecule has 0 saturated heterocycles. The van der Waals surface area contributed by atoms with Crippen LogP contribution in [0.3, 0.4) is 0 Å². The molecule has 0 spiro atoms. The van der Waals surface area contributed by atoms with Crippen molar-refractivity contribution in [3.63, 3.8) is 0 Å². The Morgan fingerprint density at radius 1 is 0.892 bits per heavy atom. The van der Waals surface area contributed by atoms with Crippen molar-refractivity contribution in [1.82, 2.24) is 15.0 Å². The Morgan fingerprint density at radius 3 is 1.86 bits per heavy atom. The summed E-state index contributed by atoms with van der Waals surface area (Å²) in [5, 5.41) is 0.220. The number of thioether (sulfide) groups is 1. The minimum absolute atomic E-state index is 0.00957. The van der Waals surface area contributed by atoms with Crippen LogP contribution in [0.1, 0.15) is 17.5 Å². The smallest absolute Gasteiger partial charge is 0.276 e. The number of hydrazine groups is 1. The second kappa shape index (κ2) is 11.8. The Kier molecular flexibility index (Phi) is 9.92. The van der Waals surface area contributed by atoms with Gasteiger partial charge in [0, 0.05) is 5.02 Å². The molecule has 0 radical (unpaired) electrons. The van der Waals surface area contributed by atoms with Crippen molar-refractivity contribution >= 4 is 49.3 Å². The molecule has 0 aliphatic carbocycles. The van der Waals surface area contributed by atoms with Gasteiger partial charge in [-0.3, -0.25) is 10.2 Å². The maximum absolute atomic E-state index is 13.1. The molecule has 8 nitrogen and oxygen atoms in total. The summed E-state index contributed by atoms with van der Waals surface area (Å²) in [6.07, 6.45) is -9.32. The molecule has 3 N–H and O–H groups in total. The molecule has 0 aliphatic heterocycles. The molecule has 18 heteroatoms. The van der Waals surface area contributed by atoms with Gasteiger partial charge >= 0.3 is 12.4 Å². The van der Waals surface area contributed by atoms with Crippen LogP contribution in [-0.2, 0) is 37.2 Å². The zero-order valence-corrected chi connectivity index (χ0v) is 21.7. The summed E-state index contributed by atoms with van der Waals surface area (Å²) in [6, 6.07) is 2.67. The number of carbonyl (C=O) groups excluding carboxylic acids is 1. The van der Waals surface area contributed by atoms with Gasteiger partial charge in [0.25, 0.3) is 15.9 Å². The SMILES string of the molecule is CSCC[C@@H](NS(=O)(=O)c1cc(C(F)(F)F)cc(C(F)(F)F)c1)C(=O)NNS(=O)(=O)c1ccc(Cl)cc1. The van der Waals surface area contributed by atoms with Crippen molar-refractivity contribution in [1.29, 1.82) is 0 Å². The van der Waals surface area contributed by atoms with E-state index >= 15 is 0 Å². The van der Waals surface area contributed by atoms with Gasteiger partial charge in [0.1, 0.15) is 6.04 Å². The van der Waals surface area contributed by atoms with E-state index in [0.29, 0.717) is 0 Å². The first kappa shape index (κ1) is 31.2. The summed E-state index contributed by atoms with van der Waals surface area (Å²) in [7, 11) is -9.46. The average Bonchev–Trinajstić information content (AvgIpc) is 2.79. The lowest BCUT2D eigenvalue weighted by Crippen LogP contribution is -2.52. The molecule has 0 heterocycles. The quantitative estimate of drug-likeness (QED) is 0.277. The van der Waals surface area contributed by atoms with Crippen LogP contribution in [-0.4, -0.2) is 40.8 Å². The monoisotopic (exact) mass is 613 g/mol. The van der Waals surface area contributed by atoms with Crippen LogP contribution < -0.4 is 15.0 Å². The van der Waals surface area contributed by atoms with Crippen LogP contribution in [0.15, 0.2) is 52.3 Å². The molecule has 1 atom stereocenters. The molecule has 0 aliphatic rings. The van der Waals surface area contributed by atoms with E-state index in [1.54, 1.807) is 21.2 Å². The van der Waals surface area contributed by atoms with E-state index in [4.69, 9.17) is 11.6 Å². The predicted molar refractivity (Wildman–Crippen MR) is 123 cm³/mol. The Labute approximate surface area is 217 Å². The standard InChI is InChI=1S/C19H18ClF6N3O5S3/c1-35-7-6-16(17(30)27-29-37(33,34)14-4-2-13(20)3-5-14)28-36(31,32)15-9-11(18(21,22)23)8-12(10-15)19(24,25)26/h2-5,8-10,16,28-29H,6-7H2,1H3,(H,27,30)/t16-/m1/s1. The third kappa shape index (κ3) is 8.75. The summed E-state index contributed by atoms with van der Waals surface area (Å²) < 4.78 is 131. The molecular formula is C19H18ClF6N3O5S3. The molecule has 0 saturated carbocycles. The lowest BCUT2D eigenvalue weighted by Gasteiger charge is -2.20. The van der Waals surface area contributed by atoms with Crippen molar-refractivity contribution in [3.8, 4) is 0 Å². The first-order valence-electron chi connectivity index (χ1n) is 9.75. The highest BCUT2D eigenvalue weighted by Gasteiger charge is 2.39. The second-order valence-electron chi connectivity index (χ2n) is 7.25. The maximum atomic E-state index is 13.1. The van der Waals surface area contributed by atoms with Crippen LogP contribution in [0.5, 0.6) is 0 Å². The number of alkyl halides is 6. The topological polar surface area (TPSA) is 121 Å². The summed E-state index contributed by atoms with van der Waals surface area (Å²) in [5.74, 6) is -1.15. The Hall–Kier alpha value is -2.05. The van der Waals surface area contributed by atoms with Gasteiger partial charge in [0.05, 0.1) is 20.9 Å². The number of halogens is 7. The molecule has 206 valence electrons. The average molecular weight is 614 g/mol. The highest BCUT2D eigenvalue weighted by molar-refractivity contribution is 7.98. The van der Waals surface area contributed by atoms with Gasteiger partial charge in [-0.2, -0.15) is 42.8 Å². The number of carbonyl (C=O) groups is 1. The third-order valence-corrected chi connectivity index (χ3v) is 8.14. The van der Waals surface area contributed by atoms with Crippen LogP contribution in [0.4, 0.5) is 26.3 Å². The van der Waals surface area contributed by atoms with Crippen LogP contribution in [0.2, 0.25) is 5.02 Å². The molecular weight excluding hydrogens is 596 g/mol. The minimum Gasteiger partial charge on any atom is -0.276 e. The summed E-state index contributed by atoms with van der Waals surface area (Å²) in [5.41, 5.74) is -1.96. The number of amides is 1. The number of sulfonamides is 2. The molecule has 0 aromatic heterocycles. The van der Waals surface area contributed by atoms with E-state index in [1.165, 1.54) is 12.1 Å². The van der Waals surface area contributed by atoms with Gasteiger partial charge in [-0.1, -0.05) is 11.6 Å². The zero-order chi connectivity index (χ0) is 28.2. The minimum atomic E-state index is -5.30. The van der Waals surface area contributed by atoms with Gasteiger partial charge < -0.3 is 0 Å². The van der Waals surface area contributed by atoms with Gasteiger partial charge in [-0.05, 0) is 60.9 Å². The number of nitrogens with one attached hydrogen (secondary N) is 3. The van der Waals surface area contributed by atoms with Crippen molar-refractivity contribution < 1.29 is 48.0 Å². The highest BCUT2D eigenvalue weighted by atomic mass is 35.5. The Balaban J connectivity index is 2.34. The first-order chi connectivity index (χ1) is 16.9. The van der Waals surface area contributed by atoms with E-state index in [-0.39, 0.29) is 40.3 Å². The Morgan fingerprint density at radius 2 is 1.41 bits per heavy atom. The van der Waals surface area contributed by atoms with Crippen molar-refractivity contribution in [3.05, 3.63) is 58.6 Å². The summed E-state index contributed by atoms with van der Waals surface area (Å²) in [4.78, 5) is 12.6. The number of benzene rings is 2. The Bertz CT molecular complexity index is 1300. The largest absolute Gasteiger partial charge is 0.416 e. The zero-order valence-electron chi connectivity index (χ0n) is 18.4. The van der Waals surface area contributed by atoms with Crippen LogP contribution in [0, 0.1) is 0 Å². The van der Waals surface area contributed by atoms with Gasteiger partial charge in [0.15, 0.2) is 0 Å². The van der Waals surface area contributed by atoms with Crippen molar-refractivity contribution in [2.24, 2.45) is 0 Å². The van der Waals surface area contributed by atoms with E-state index in [1.807, 2.05) is 0 Å². The molecule has 2 aromatic carbocycles. The fraction of sp³-hybridized carbons (Fsp3) is 0.316. The molecule has 37 heavy (non-hydrogen) atoms. The van der Waals surface area contributed by atoms with Crippen LogP contribution >= 0.6 is 23.4 Å².